The van der Waals surface area contributed by atoms with Crippen LogP contribution in [0.4, 0.5) is 9.59 Å². The van der Waals surface area contributed by atoms with Crippen LogP contribution in [0.15, 0.2) is 54.6 Å². The molecule has 146 valence electrons. The lowest BCUT2D eigenvalue weighted by Gasteiger charge is -2.50. The molecule has 6 nitrogen and oxygen atoms in total. The first kappa shape index (κ1) is 18.3. The van der Waals surface area contributed by atoms with Crippen LogP contribution in [0, 0.1) is 0 Å². The summed E-state index contributed by atoms with van der Waals surface area (Å²) in [4.78, 5) is 25.4. The number of alkyl carbamates (subject to hydrolysis) is 1. The van der Waals surface area contributed by atoms with Crippen molar-refractivity contribution < 1.29 is 19.4 Å². The van der Waals surface area contributed by atoms with Gasteiger partial charge in [-0.2, -0.15) is 0 Å². The van der Waals surface area contributed by atoms with Gasteiger partial charge in [-0.15, -0.1) is 0 Å². The molecule has 2 amide bonds. The molecule has 0 radical (unpaired) electrons. The lowest BCUT2D eigenvalue weighted by molar-refractivity contribution is 0.00715. The number of benzene rings is 2. The van der Waals surface area contributed by atoms with Crippen LogP contribution in [0.1, 0.15) is 24.8 Å². The Bertz CT molecular complexity index is 866. The number of piperidine rings is 1. The van der Waals surface area contributed by atoms with Crippen LogP contribution in [0.25, 0.3) is 11.1 Å². The van der Waals surface area contributed by atoms with E-state index in [4.69, 9.17) is 4.74 Å². The molecule has 2 heterocycles. The summed E-state index contributed by atoms with van der Waals surface area (Å²) < 4.78 is 5.06. The molecule has 4 rings (SSSR count). The first-order valence-corrected chi connectivity index (χ1v) is 9.66. The molecule has 2 saturated heterocycles. The third kappa shape index (κ3) is 3.54. The first-order chi connectivity index (χ1) is 13.6. The van der Waals surface area contributed by atoms with Crippen LogP contribution in [-0.2, 0) is 11.2 Å². The maximum Gasteiger partial charge on any atom is 0.407 e. The molecule has 2 fully saturated rings. The predicted molar refractivity (Wildman–Crippen MR) is 105 cm³/mol. The average Bonchev–Trinajstić information content (AvgIpc) is 2.70. The highest BCUT2D eigenvalue weighted by Gasteiger charge is 2.49. The van der Waals surface area contributed by atoms with Gasteiger partial charge in [-0.05, 0) is 36.0 Å². The number of likely N-dealkylation sites (tertiary alicyclic amines) is 1. The highest BCUT2D eigenvalue weighted by Crippen LogP contribution is 2.35. The van der Waals surface area contributed by atoms with E-state index in [1.165, 1.54) is 4.90 Å². The largest absolute Gasteiger partial charge is 0.465 e. The second-order valence-corrected chi connectivity index (χ2v) is 7.53. The highest BCUT2D eigenvalue weighted by molar-refractivity contribution is 5.71. The van der Waals surface area contributed by atoms with Gasteiger partial charge in [0.2, 0.25) is 0 Å². The molecule has 28 heavy (non-hydrogen) atoms. The Hall–Kier alpha value is -3.02. The molecular weight excluding hydrogens is 356 g/mol. The number of carbonyl (C=O) groups excluding carboxylic acids is 1. The number of nitrogens with zero attached hydrogens (tertiary/aromatic N) is 1. The number of hydrogen-bond donors (Lipinski definition) is 2. The SMILES string of the molecule is O=C1N[C@]2(CCCN(C(=O)O)[C@H]2Cc2cccc(-c3ccccc3)c2)CCO1. The summed E-state index contributed by atoms with van der Waals surface area (Å²) in [7, 11) is 0. The van der Waals surface area contributed by atoms with Crippen molar-refractivity contribution in [1.29, 1.82) is 0 Å². The second kappa shape index (κ2) is 7.54. The molecule has 0 saturated carbocycles. The van der Waals surface area contributed by atoms with Crippen LogP contribution in [0.5, 0.6) is 0 Å². The zero-order valence-corrected chi connectivity index (χ0v) is 15.6. The number of amides is 2. The third-order valence-electron chi connectivity index (χ3n) is 5.88. The van der Waals surface area contributed by atoms with Crippen LogP contribution in [-0.4, -0.2) is 46.9 Å². The van der Waals surface area contributed by atoms with Gasteiger partial charge in [-0.1, -0.05) is 54.6 Å². The van der Waals surface area contributed by atoms with Crippen molar-refractivity contribution >= 4 is 12.2 Å². The summed E-state index contributed by atoms with van der Waals surface area (Å²) in [6.07, 6.45) is 1.26. The Balaban J connectivity index is 1.66. The van der Waals surface area contributed by atoms with E-state index < -0.39 is 17.7 Å². The van der Waals surface area contributed by atoms with Gasteiger partial charge in [0.05, 0.1) is 18.2 Å². The van der Waals surface area contributed by atoms with Gasteiger partial charge in [0, 0.05) is 13.0 Å². The first-order valence-electron chi connectivity index (χ1n) is 9.66. The monoisotopic (exact) mass is 380 g/mol. The van der Waals surface area contributed by atoms with E-state index in [1.54, 1.807) is 0 Å². The molecule has 6 heteroatoms. The molecule has 2 aliphatic heterocycles. The van der Waals surface area contributed by atoms with Crippen LogP contribution in [0.3, 0.4) is 0 Å². The number of nitrogens with one attached hydrogen (secondary N) is 1. The van der Waals surface area contributed by atoms with Gasteiger partial charge in [0.1, 0.15) is 0 Å². The zero-order chi connectivity index (χ0) is 19.6. The number of ether oxygens (including phenoxy) is 1. The van der Waals surface area contributed by atoms with E-state index in [-0.39, 0.29) is 6.04 Å². The van der Waals surface area contributed by atoms with E-state index in [9.17, 15) is 14.7 Å². The molecule has 0 aromatic heterocycles. The molecule has 2 atom stereocenters. The standard InChI is InChI=1S/C22H24N2O4/c25-20-23-22(11-13-28-20)10-5-12-24(21(26)27)19(22)15-16-6-4-9-18(14-16)17-7-2-1-3-8-17/h1-4,6-9,14,19H,5,10-13,15H2,(H,23,25)(H,26,27)/t19-,22+/m0/s1. The van der Waals surface area contributed by atoms with E-state index in [2.05, 4.69) is 29.6 Å². The molecular formula is C22H24N2O4. The van der Waals surface area contributed by atoms with Gasteiger partial charge >= 0.3 is 12.2 Å². The minimum absolute atomic E-state index is 0.319. The number of carboxylic acid groups (broad SMARTS) is 1. The van der Waals surface area contributed by atoms with Crippen LogP contribution < -0.4 is 5.32 Å². The molecule has 2 N–H and O–H groups in total. The van der Waals surface area contributed by atoms with E-state index in [0.29, 0.717) is 26.0 Å². The van der Waals surface area contributed by atoms with E-state index in [1.807, 2.05) is 30.3 Å². The lowest BCUT2D eigenvalue weighted by atomic mass is 9.75. The van der Waals surface area contributed by atoms with Gasteiger partial charge in [-0.3, -0.25) is 0 Å². The Morgan fingerprint density at radius 3 is 2.68 bits per heavy atom. The fourth-order valence-electron chi connectivity index (χ4n) is 4.52. The zero-order valence-electron chi connectivity index (χ0n) is 15.6. The van der Waals surface area contributed by atoms with Crippen molar-refractivity contribution in [1.82, 2.24) is 10.2 Å². The summed E-state index contributed by atoms with van der Waals surface area (Å²) in [5, 5.41) is 12.7. The molecule has 2 aromatic rings. The van der Waals surface area contributed by atoms with Gasteiger partial charge in [0.15, 0.2) is 0 Å². The number of rotatable bonds is 3. The lowest BCUT2D eigenvalue weighted by Crippen LogP contribution is -2.68. The van der Waals surface area contributed by atoms with Crippen molar-refractivity contribution in [2.45, 2.75) is 37.3 Å². The van der Waals surface area contributed by atoms with Crippen molar-refractivity contribution in [3.05, 3.63) is 60.2 Å². The fraction of sp³-hybridized carbons (Fsp3) is 0.364. The van der Waals surface area contributed by atoms with E-state index >= 15 is 0 Å². The average molecular weight is 380 g/mol. The molecule has 2 aliphatic rings. The summed E-state index contributed by atoms with van der Waals surface area (Å²) in [5.41, 5.74) is 2.70. The van der Waals surface area contributed by atoms with Crippen molar-refractivity contribution in [3.63, 3.8) is 0 Å². The Labute approximate surface area is 164 Å². The second-order valence-electron chi connectivity index (χ2n) is 7.53. The minimum atomic E-state index is -0.941. The van der Waals surface area contributed by atoms with Crippen molar-refractivity contribution in [3.8, 4) is 11.1 Å². The normalized spacial score (nSPS) is 24.5. The Morgan fingerprint density at radius 1 is 1.14 bits per heavy atom. The smallest absolute Gasteiger partial charge is 0.407 e. The molecule has 2 aromatic carbocycles. The number of cyclic esters (lactones) is 1. The maximum absolute atomic E-state index is 12.0. The Morgan fingerprint density at radius 2 is 1.93 bits per heavy atom. The summed E-state index contributed by atoms with van der Waals surface area (Å²) in [6, 6.07) is 18.0. The molecule has 0 aliphatic carbocycles. The summed E-state index contributed by atoms with van der Waals surface area (Å²) in [5.74, 6) is 0. The summed E-state index contributed by atoms with van der Waals surface area (Å²) >= 11 is 0. The number of hydrogen-bond acceptors (Lipinski definition) is 3. The van der Waals surface area contributed by atoms with Gasteiger partial charge in [0.25, 0.3) is 0 Å². The maximum atomic E-state index is 12.0. The van der Waals surface area contributed by atoms with Gasteiger partial charge in [-0.25, -0.2) is 9.59 Å². The third-order valence-corrected chi connectivity index (χ3v) is 5.88. The van der Waals surface area contributed by atoms with Crippen LogP contribution >= 0.6 is 0 Å². The Kier molecular flexibility index (Phi) is 4.94. The molecule has 0 unspecified atom stereocenters. The van der Waals surface area contributed by atoms with E-state index in [0.717, 1.165) is 29.5 Å². The predicted octanol–water partition coefficient (Wildman–Crippen LogP) is 3.91. The molecule has 0 bridgehead atoms. The fourth-order valence-corrected chi connectivity index (χ4v) is 4.52. The van der Waals surface area contributed by atoms with Crippen LogP contribution in [0.2, 0.25) is 0 Å². The number of carbonyl (C=O) groups is 2. The quantitative estimate of drug-likeness (QED) is 0.846. The van der Waals surface area contributed by atoms with Gasteiger partial charge < -0.3 is 20.1 Å². The minimum Gasteiger partial charge on any atom is -0.465 e. The van der Waals surface area contributed by atoms with Crippen molar-refractivity contribution in [2.24, 2.45) is 0 Å². The summed E-state index contributed by atoms with van der Waals surface area (Å²) in [6.45, 7) is 0.802. The molecule has 1 spiro atoms. The van der Waals surface area contributed by atoms with Crippen molar-refractivity contribution in [2.75, 3.05) is 13.2 Å². The highest BCUT2D eigenvalue weighted by atomic mass is 16.6. The topological polar surface area (TPSA) is 78.9 Å².